The van der Waals surface area contributed by atoms with Gasteiger partial charge in [0.1, 0.15) is 12.1 Å². The Bertz CT molecular complexity index is 2340. The molecule has 1 heterocycles. The predicted octanol–water partition coefficient (Wildman–Crippen LogP) is 11.7. The van der Waals surface area contributed by atoms with Crippen molar-refractivity contribution in [3.05, 3.63) is 161 Å². The Hall–Kier alpha value is -6.70. The van der Waals surface area contributed by atoms with Crippen LogP contribution in [0.25, 0.3) is 52.1 Å². The summed E-state index contributed by atoms with van der Waals surface area (Å²) in [5.41, 5.74) is 8.05. The number of fused-ring (bicyclic) bond motifs is 3. The van der Waals surface area contributed by atoms with Gasteiger partial charge < -0.3 is 4.90 Å². The fraction of sp³-hybridized carbons (Fsp3) is 0. The predicted molar refractivity (Wildman–Crippen MR) is 187 cm³/mol. The van der Waals surface area contributed by atoms with E-state index in [0.29, 0.717) is 22.5 Å². The van der Waals surface area contributed by atoms with E-state index in [9.17, 15) is 10.5 Å². The maximum Gasteiger partial charge on any atom is 0.195 e. The first-order valence-corrected chi connectivity index (χ1v) is 15.2. The van der Waals surface area contributed by atoms with E-state index in [2.05, 4.69) is 93.5 Å². The lowest BCUT2D eigenvalue weighted by Crippen LogP contribution is -2.10. The Morgan fingerprint density at radius 2 is 1.13 bits per heavy atom. The fourth-order valence-electron chi connectivity index (χ4n) is 5.74. The molecule has 0 saturated heterocycles. The zero-order chi connectivity index (χ0) is 31.6. The standard InChI is InChI=1S/C40H21N5S/c1-43-36-21-16-29(23-37(36)44-2)27-14-19-33(20-15-27)45(38-8-5-7-35-34-6-3-4-9-39(34)46-40(35)38)32-17-12-26(13-18-32)28-10-11-30(24-41)31(22-28)25-42/h3-23H. The van der Waals surface area contributed by atoms with Crippen LogP contribution >= 0.6 is 11.3 Å². The molecule has 0 unspecified atom stereocenters. The first-order valence-electron chi connectivity index (χ1n) is 14.4. The lowest BCUT2D eigenvalue weighted by atomic mass is 9.99. The number of thiophene rings is 1. The van der Waals surface area contributed by atoms with Crippen molar-refractivity contribution in [2.75, 3.05) is 4.90 Å². The van der Waals surface area contributed by atoms with Crippen molar-refractivity contribution < 1.29 is 0 Å². The van der Waals surface area contributed by atoms with Gasteiger partial charge in [-0.3, -0.25) is 9.69 Å². The number of nitriles is 2. The van der Waals surface area contributed by atoms with Gasteiger partial charge in [0.15, 0.2) is 11.4 Å². The van der Waals surface area contributed by atoms with Gasteiger partial charge in [-0.05, 0) is 70.8 Å². The second kappa shape index (κ2) is 11.8. The molecule has 0 amide bonds. The first kappa shape index (κ1) is 28.1. The minimum atomic E-state index is 0.346. The molecule has 0 aliphatic carbocycles. The minimum absolute atomic E-state index is 0.346. The Morgan fingerprint density at radius 3 is 1.78 bits per heavy atom. The van der Waals surface area contributed by atoms with E-state index < -0.39 is 0 Å². The second-order valence-corrected chi connectivity index (χ2v) is 11.6. The summed E-state index contributed by atoms with van der Waals surface area (Å²) in [4.78, 5) is 9.26. The third-order valence-corrected chi connectivity index (χ3v) is 9.23. The average Bonchev–Trinajstić information content (AvgIpc) is 3.51. The van der Waals surface area contributed by atoms with Crippen molar-refractivity contribution >= 4 is 59.9 Å². The Morgan fingerprint density at radius 1 is 0.543 bits per heavy atom. The van der Waals surface area contributed by atoms with Crippen LogP contribution in [0, 0.1) is 35.8 Å². The summed E-state index contributed by atoms with van der Waals surface area (Å²) in [5.74, 6) is 0. The van der Waals surface area contributed by atoms with Gasteiger partial charge in [-0.2, -0.15) is 10.5 Å². The minimum Gasteiger partial charge on any atom is -0.309 e. The number of nitrogens with zero attached hydrogens (tertiary/aromatic N) is 5. The molecular weight excluding hydrogens is 583 g/mol. The highest BCUT2D eigenvalue weighted by atomic mass is 32.1. The summed E-state index contributed by atoms with van der Waals surface area (Å²) in [5, 5.41) is 21.3. The Balaban J connectivity index is 1.35. The highest BCUT2D eigenvalue weighted by Gasteiger charge is 2.18. The number of benzene rings is 6. The van der Waals surface area contributed by atoms with Crippen molar-refractivity contribution in [2.24, 2.45) is 0 Å². The van der Waals surface area contributed by atoms with Crippen molar-refractivity contribution in [2.45, 2.75) is 0 Å². The van der Waals surface area contributed by atoms with Gasteiger partial charge in [-0.15, -0.1) is 11.3 Å². The van der Waals surface area contributed by atoms with Crippen LogP contribution < -0.4 is 4.90 Å². The highest BCUT2D eigenvalue weighted by molar-refractivity contribution is 7.26. The van der Waals surface area contributed by atoms with Gasteiger partial charge in [0.25, 0.3) is 0 Å². The van der Waals surface area contributed by atoms with Gasteiger partial charge in [0, 0.05) is 26.8 Å². The van der Waals surface area contributed by atoms with Crippen LogP contribution in [0.3, 0.4) is 0 Å². The molecule has 0 saturated carbocycles. The van der Waals surface area contributed by atoms with Crippen molar-refractivity contribution in [3.8, 4) is 34.4 Å². The quantitative estimate of drug-likeness (QED) is 0.184. The maximum atomic E-state index is 9.54. The molecule has 7 rings (SSSR count). The lowest BCUT2D eigenvalue weighted by molar-refractivity contribution is 1.30. The van der Waals surface area contributed by atoms with E-state index in [0.717, 1.165) is 39.3 Å². The lowest BCUT2D eigenvalue weighted by Gasteiger charge is -2.26. The summed E-state index contributed by atoms with van der Waals surface area (Å²) in [6.07, 6.45) is 0. The van der Waals surface area contributed by atoms with Gasteiger partial charge in [-0.25, -0.2) is 0 Å². The number of hydrogen-bond acceptors (Lipinski definition) is 4. The van der Waals surface area contributed by atoms with Crippen LogP contribution in [0.4, 0.5) is 28.4 Å². The van der Waals surface area contributed by atoms with E-state index >= 15 is 0 Å². The largest absolute Gasteiger partial charge is 0.309 e. The molecule has 212 valence electrons. The molecule has 0 bridgehead atoms. The first-order chi connectivity index (χ1) is 22.6. The second-order valence-electron chi connectivity index (χ2n) is 10.6. The van der Waals surface area contributed by atoms with Crippen molar-refractivity contribution in [1.29, 1.82) is 10.5 Å². The van der Waals surface area contributed by atoms with Crippen molar-refractivity contribution in [1.82, 2.24) is 0 Å². The average molecular weight is 604 g/mol. The van der Waals surface area contributed by atoms with Crippen LogP contribution in [0.5, 0.6) is 0 Å². The van der Waals surface area contributed by atoms with Crippen LogP contribution in [-0.4, -0.2) is 0 Å². The summed E-state index contributed by atoms with van der Waals surface area (Å²) < 4.78 is 2.40. The Labute approximate surface area is 270 Å². The molecule has 1 aromatic heterocycles. The number of rotatable bonds is 5. The van der Waals surface area contributed by atoms with Crippen molar-refractivity contribution in [3.63, 3.8) is 0 Å². The third kappa shape index (κ3) is 4.89. The normalized spacial score (nSPS) is 10.5. The zero-order valence-electron chi connectivity index (χ0n) is 24.3. The van der Waals surface area contributed by atoms with Crippen LogP contribution in [-0.2, 0) is 0 Å². The molecule has 46 heavy (non-hydrogen) atoms. The molecule has 7 aromatic rings. The summed E-state index contributed by atoms with van der Waals surface area (Å²) in [6, 6.07) is 46.2. The molecule has 0 aliphatic heterocycles. The number of hydrogen-bond donors (Lipinski definition) is 0. The molecule has 0 spiro atoms. The van der Waals surface area contributed by atoms with Crippen LogP contribution in [0.15, 0.2) is 127 Å². The van der Waals surface area contributed by atoms with Gasteiger partial charge in [0.05, 0.1) is 34.7 Å². The molecule has 6 heteroatoms. The molecule has 5 nitrogen and oxygen atoms in total. The monoisotopic (exact) mass is 603 g/mol. The summed E-state index contributed by atoms with van der Waals surface area (Å²) in [6.45, 7) is 14.8. The Kier molecular flexibility index (Phi) is 7.18. The van der Waals surface area contributed by atoms with Crippen LogP contribution in [0.1, 0.15) is 11.1 Å². The fourth-order valence-corrected chi connectivity index (χ4v) is 6.95. The smallest absolute Gasteiger partial charge is 0.195 e. The molecule has 0 aliphatic rings. The molecular formula is C40H21N5S. The summed E-state index contributed by atoms with van der Waals surface area (Å²) in [7, 11) is 0. The molecule has 6 aromatic carbocycles. The highest BCUT2D eigenvalue weighted by Crippen LogP contribution is 2.45. The van der Waals surface area contributed by atoms with E-state index in [-0.39, 0.29) is 0 Å². The van der Waals surface area contributed by atoms with Gasteiger partial charge in [-0.1, -0.05) is 78.9 Å². The zero-order valence-corrected chi connectivity index (χ0v) is 25.1. The maximum absolute atomic E-state index is 9.54. The molecule has 0 fully saturated rings. The summed E-state index contributed by atoms with van der Waals surface area (Å²) >= 11 is 1.77. The van der Waals surface area contributed by atoms with Gasteiger partial charge >= 0.3 is 0 Å². The van der Waals surface area contributed by atoms with E-state index in [1.165, 1.54) is 20.2 Å². The molecule has 0 atom stereocenters. The van der Waals surface area contributed by atoms with E-state index in [1.54, 1.807) is 35.6 Å². The van der Waals surface area contributed by atoms with Crippen LogP contribution in [0.2, 0.25) is 0 Å². The number of anilines is 3. The molecule has 0 N–H and O–H groups in total. The topological polar surface area (TPSA) is 59.5 Å². The SMILES string of the molecule is [C-]#[N+]c1ccc(-c2ccc(N(c3ccc(-c4ccc(C#N)c(C#N)c4)cc3)c3cccc4c3sc3ccccc34)cc2)cc1[N+]#[C-]. The van der Waals surface area contributed by atoms with E-state index in [1.807, 2.05) is 36.4 Å². The molecule has 0 radical (unpaired) electrons. The van der Waals surface area contributed by atoms with E-state index in [4.69, 9.17) is 13.1 Å². The van der Waals surface area contributed by atoms with Gasteiger partial charge in [0.2, 0.25) is 0 Å². The third-order valence-electron chi connectivity index (χ3n) is 8.02.